The van der Waals surface area contributed by atoms with E-state index in [0.717, 1.165) is 10.9 Å². The predicted molar refractivity (Wildman–Crippen MR) is 65.2 cm³/mol. The highest BCUT2D eigenvalue weighted by molar-refractivity contribution is 5.90. The summed E-state index contributed by atoms with van der Waals surface area (Å²) in [7, 11) is 0. The van der Waals surface area contributed by atoms with E-state index in [1.807, 2.05) is 36.4 Å². The number of benzene rings is 1. The summed E-state index contributed by atoms with van der Waals surface area (Å²) in [6.45, 7) is 0. The number of hydrogen-bond acceptors (Lipinski definition) is 4. The zero-order valence-electron chi connectivity index (χ0n) is 9.32. The maximum Gasteiger partial charge on any atom is 0.270 e. The van der Waals surface area contributed by atoms with Gasteiger partial charge in [-0.1, -0.05) is 23.4 Å². The van der Waals surface area contributed by atoms with Crippen molar-refractivity contribution in [3.05, 3.63) is 48.3 Å². The molecule has 0 bridgehead atoms. The van der Waals surface area contributed by atoms with E-state index in [1.165, 1.54) is 10.9 Å². The number of nitrogens with zero attached hydrogens (tertiary/aromatic N) is 4. The van der Waals surface area contributed by atoms with Crippen molar-refractivity contribution in [3.63, 3.8) is 0 Å². The first-order valence-corrected chi connectivity index (χ1v) is 5.32. The second-order valence-corrected chi connectivity index (χ2v) is 3.77. The molecule has 6 heteroatoms. The van der Waals surface area contributed by atoms with Crippen molar-refractivity contribution in [3.8, 4) is 5.82 Å². The molecule has 2 N–H and O–H groups in total. The number of amides is 1. The van der Waals surface area contributed by atoms with Crippen LogP contribution in [0.3, 0.4) is 0 Å². The Bertz CT molecular complexity index is 734. The maximum absolute atomic E-state index is 10.9. The van der Waals surface area contributed by atoms with E-state index in [9.17, 15) is 4.79 Å². The Morgan fingerprint density at radius 2 is 2.00 bits per heavy atom. The Morgan fingerprint density at radius 3 is 2.78 bits per heavy atom. The fourth-order valence-corrected chi connectivity index (χ4v) is 1.67. The molecule has 1 aromatic carbocycles. The third kappa shape index (κ3) is 1.69. The Labute approximate surface area is 102 Å². The first kappa shape index (κ1) is 10.4. The van der Waals surface area contributed by atoms with Crippen LogP contribution in [0.25, 0.3) is 16.7 Å². The molecule has 0 aliphatic rings. The summed E-state index contributed by atoms with van der Waals surface area (Å²) in [5, 5.41) is 8.53. The van der Waals surface area contributed by atoms with Gasteiger partial charge in [0.05, 0.1) is 11.7 Å². The summed E-state index contributed by atoms with van der Waals surface area (Å²) in [5.74, 6) is -0.0178. The highest BCUT2D eigenvalue weighted by Gasteiger charge is 2.08. The summed E-state index contributed by atoms with van der Waals surface area (Å²) < 4.78 is 1.42. The number of primary amides is 1. The van der Waals surface area contributed by atoms with E-state index >= 15 is 0 Å². The minimum Gasteiger partial charge on any atom is -0.364 e. The quantitative estimate of drug-likeness (QED) is 0.720. The Hall–Kier alpha value is -2.76. The number of nitrogens with two attached hydrogens (primary N) is 1. The average molecular weight is 239 g/mol. The van der Waals surface area contributed by atoms with E-state index in [2.05, 4.69) is 15.3 Å². The Balaban J connectivity index is 2.10. The summed E-state index contributed by atoms with van der Waals surface area (Å²) in [6.07, 6.45) is 1.46. The zero-order valence-corrected chi connectivity index (χ0v) is 9.32. The highest BCUT2D eigenvalue weighted by atomic mass is 16.1. The normalized spacial score (nSPS) is 10.7. The third-order valence-electron chi connectivity index (χ3n) is 2.56. The topological polar surface area (TPSA) is 86.7 Å². The van der Waals surface area contributed by atoms with Gasteiger partial charge in [-0.3, -0.25) is 4.79 Å². The lowest BCUT2D eigenvalue weighted by Gasteiger charge is -2.01. The zero-order chi connectivity index (χ0) is 12.5. The molecular weight excluding hydrogens is 230 g/mol. The summed E-state index contributed by atoms with van der Waals surface area (Å²) >= 11 is 0. The monoisotopic (exact) mass is 239 g/mol. The van der Waals surface area contributed by atoms with Crippen LogP contribution < -0.4 is 5.73 Å². The Morgan fingerprint density at radius 1 is 1.17 bits per heavy atom. The van der Waals surface area contributed by atoms with Crippen molar-refractivity contribution in [1.82, 2.24) is 20.0 Å². The number of fused-ring (bicyclic) bond motifs is 1. The summed E-state index contributed by atoms with van der Waals surface area (Å²) in [6, 6.07) is 11.5. The number of rotatable bonds is 2. The molecule has 88 valence electrons. The van der Waals surface area contributed by atoms with E-state index in [-0.39, 0.29) is 5.69 Å². The lowest BCUT2D eigenvalue weighted by Crippen LogP contribution is -2.11. The first-order valence-electron chi connectivity index (χ1n) is 5.32. The number of carbonyl (C=O) groups excluding carboxylic acids is 1. The largest absolute Gasteiger partial charge is 0.364 e. The van der Waals surface area contributed by atoms with E-state index in [4.69, 9.17) is 5.73 Å². The molecule has 0 radical (unpaired) electrons. The molecule has 0 saturated heterocycles. The van der Waals surface area contributed by atoms with Crippen LogP contribution in [0.2, 0.25) is 0 Å². The van der Waals surface area contributed by atoms with Gasteiger partial charge in [0.25, 0.3) is 5.91 Å². The van der Waals surface area contributed by atoms with Gasteiger partial charge in [-0.2, -0.15) is 0 Å². The summed E-state index contributed by atoms with van der Waals surface area (Å²) in [5.41, 5.74) is 6.09. The van der Waals surface area contributed by atoms with Crippen LogP contribution in [0.1, 0.15) is 10.5 Å². The molecule has 1 amide bonds. The molecule has 6 nitrogen and oxygen atoms in total. The lowest BCUT2D eigenvalue weighted by molar-refractivity contribution is 0.0995. The van der Waals surface area contributed by atoms with Gasteiger partial charge in [0.15, 0.2) is 11.5 Å². The number of para-hydroxylation sites is 1. The van der Waals surface area contributed by atoms with Crippen LogP contribution in [-0.4, -0.2) is 25.9 Å². The van der Waals surface area contributed by atoms with Crippen LogP contribution in [0.5, 0.6) is 0 Å². The second kappa shape index (κ2) is 3.92. The van der Waals surface area contributed by atoms with E-state index < -0.39 is 5.91 Å². The molecule has 0 atom stereocenters. The van der Waals surface area contributed by atoms with Crippen molar-refractivity contribution in [2.24, 2.45) is 5.73 Å². The molecule has 18 heavy (non-hydrogen) atoms. The molecule has 0 aliphatic carbocycles. The van der Waals surface area contributed by atoms with Gasteiger partial charge in [0.2, 0.25) is 0 Å². The van der Waals surface area contributed by atoms with Gasteiger partial charge in [-0.05, 0) is 18.2 Å². The smallest absolute Gasteiger partial charge is 0.270 e. The lowest BCUT2D eigenvalue weighted by atomic mass is 10.2. The van der Waals surface area contributed by atoms with Crippen LogP contribution in [0, 0.1) is 0 Å². The van der Waals surface area contributed by atoms with Crippen LogP contribution in [-0.2, 0) is 0 Å². The molecule has 0 fully saturated rings. The number of aromatic nitrogens is 4. The van der Waals surface area contributed by atoms with Gasteiger partial charge in [0, 0.05) is 5.39 Å². The number of carbonyl (C=O) groups is 1. The minimum absolute atomic E-state index is 0.116. The van der Waals surface area contributed by atoms with Crippen molar-refractivity contribution < 1.29 is 4.79 Å². The maximum atomic E-state index is 10.9. The summed E-state index contributed by atoms with van der Waals surface area (Å²) in [4.78, 5) is 15.4. The Kier molecular flexibility index (Phi) is 2.26. The average Bonchev–Trinajstić information content (AvgIpc) is 2.88. The third-order valence-corrected chi connectivity index (χ3v) is 2.56. The molecule has 0 spiro atoms. The van der Waals surface area contributed by atoms with Gasteiger partial charge in [0.1, 0.15) is 0 Å². The van der Waals surface area contributed by atoms with Crippen molar-refractivity contribution in [1.29, 1.82) is 0 Å². The SMILES string of the molecule is NC(=O)c1cn(-c2ccc3ccccc3n2)nn1. The number of hydrogen-bond donors (Lipinski definition) is 1. The van der Waals surface area contributed by atoms with Crippen molar-refractivity contribution in [2.75, 3.05) is 0 Å². The second-order valence-electron chi connectivity index (χ2n) is 3.77. The predicted octanol–water partition coefficient (Wildman–Crippen LogP) is 0.914. The van der Waals surface area contributed by atoms with Crippen molar-refractivity contribution >= 4 is 16.8 Å². The molecule has 3 rings (SSSR count). The van der Waals surface area contributed by atoms with Gasteiger partial charge < -0.3 is 5.73 Å². The van der Waals surface area contributed by atoms with E-state index in [0.29, 0.717) is 5.82 Å². The highest BCUT2D eigenvalue weighted by Crippen LogP contribution is 2.13. The van der Waals surface area contributed by atoms with E-state index in [1.54, 1.807) is 0 Å². The first-order chi connectivity index (χ1) is 8.74. The van der Waals surface area contributed by atoms with Crippen LogP contribution in [0.15, 0.2) is 42.6 Å². The molecule has 3 aromatic rings. The fraction of sp³-hybridized carbons (Fsp3) is 0. The van der Waals surface area contributed by atoms with Crippen LogP contribution in [0.4, 0.5) is 0 Å². The van der Waals surface area contributed by atoms with Gasteiger partial charge >= 0.3 is 0 Å². The van der Waals surface area contributed by atoms with Crippen molar-refractivity contribution in [2.45, 2.75) is 0 Å². The van der Waals surface area contributed by atoms with Crippen LogP contribution >= 0.6 is 0 Å². The minimum atomic E-state index is -0.609. The number of pyridine rings is 1. The van der Waals surface area contributed by atoms with Gasteiger partial charge in [-0.15, -0.1) is 5.10 Å². The fourth-order valence-electron chi connectivity index (χ4n) is 1.67. The van der Waals surface area contributed by atoms with Gasteiger partial charge in [-0.25, -0.2) is 9.67 Å². The molecular formula is C12H9N5O. The molecule has 0 aliphatic heterocycles. The molecule has 0 saturated carbocycles. The molecule has 0 unspecified atom stereocenters. The molecule has 2 heterocycles. The molecule has 2 aromatic heterocycles. The standard InChI is InChI=1S/C12H9N5O/c13-12(18)10-7-17(16-15-10)11-6-5-8-3-1-2-4-9(8)14-11/h1-7H,(H2,13,18).